The van der Waals surface area contributed by atoms with Crippen molar-refractivity contribution < 1.29 is 4.79 Å². The summed E-state index contributed by atoms with van der Waals surface area (Å²) in [4.78, 5) is 20.8. The summed E-state index contributed by atoms with van der Waals surface area (Å²) < 4.78 is 0. The third-order valence-corrected chi connectivity index (χ3v) is 4.35. The first-order chi connectivity index (χ1) is 9.74. The number of nitrogens with zero attached hydrogens (tertiary/aromatic N) is 2. The van der Waals surface area contributed by atoms with E-state index < -0.39 is 0 Å². The number of benzene rings is 1. The van der Waals surface area contributed by atoms with Gasteiger partial charge in [0.2, 0.25) is 0 Å². The fraction of sp³-hybridized carbons (Fsp3) is 0.400. The van der Waals surface area contributed by atoms with Gasteiger partial charge in [-0.2, -0.15) is 0 Å². The van der Waals surface area contributed by atoms with Gasteiger partial charge in [0.15, 0.2) is 0 Å². The SMILES string of the molecule is O=C(NCC1(CCBr)CC1)c1cccc2nccnc12. The van der Waals surface area contributed by atoms with E-state index >= 15 is 0 Å². The normalized spacial score (nSPS) is 16.1. The Balaban J connectivity index is 1.76. The Morgan fingerprint density at radius 3 is 2.85 bits per heavy atom. The largest absolute Gasteiger partial charge is 0.351 e. The molecule has 1 aromatic carbocycles. The van der Waals surface area contributed by atoms with Crippen LogP contribution in [0.1, 0.15) is 29.6 Å². The van der Waals surface area contributed by atoms with Crippen molar-refractivity contribution in [1.29, 1.82) is 0 Å². The summed E-state index contributed by atoms with van der Waals surface area (Å²) in [6.45, 7) is 0.744. The first-order valence-corrected chi connectivity index (χ1v) is 7.90. The Hall–Kier alpha value is -1.49. The first kappa shape index (κ1) is 13.5. The number of carbonyl (C=O) groups is 1. The molecule has 1 aliphatic rings. The molecule has 2 aromatic rings. The molecule has 1 aliphatic carbocycles. The van der Waals surface area contributed by atoms with Gasteiger partial charge in [-0.3, -0.25) is 14.8 Å². The van der Waals surface area contributed by atoms with E-state index in [0.29, 0.717) is 16.5 Å². The Kier molecular flexibility index (Phi) is 3.70. The molecule has 0 atom stereocenters. The van der Waals surface area contributed by atoms with E-state index in [1.807, 2.05) is 12.1 Å². The molecule has 0 saturated heterocycles. The first-order valence-electron chi connectivity index (χ1n) is 6.78. The van der Waals surface area contributed by atoms with Gasteiger partial charge >= 0.3 is 0 Å². The number of aromatic nitrogens is 2. The minimum atomic E-state index is -0.0584. The average molecular weight is 334 g/mol. The predicted molar refractivity (Wildman–Crippen MR) is 81.9 cm³/mol. The van der Waals surface area contributed by atoms with E-state index in [1.165, 1.54) is 12.8 Å². The number of nitrogens with one attached hydrogen (secondary N) is 1. The number of amides is 1. The lowest BCUT2D eigenvalue weighted by atomic mass is 10.0. The van der Waals surface area contributed by atoms with E-state index in [2.05, 4.69) is 31.2 Å². The monoisotopic (exact) mass is 333 g/mol. The van der Waals surface area contributed by atoms with Gasteiger partial charge in [-0.25, -0.2) is 0 Å². The number of hydrogen-bond donors (Lipinski definition) is 1. The maximum atomic E-state index is 12.3. The van der Waals surface area contributed by atoms with E-state index in [1.54, 1.807) is 18.5 Å². The second-order valence-electron chi connectivity index (χ2n) is 5.35. The van der Waals surface area contributed by atoms with Gasteiger partial charge in [-0.05, 0) is 36.8 Å². The van der Waals surface area contributed by atoms with E-state index in [9.17, 15) is 4.79 Å². The van der Waals surface area contributed by atoms with Gasteiger partial charge in [0.05, 0.1) is 11.1 Å². The lowest BCUT2D eigenvalue weighted by Crippen LogP contribution is -2.30. The zero-order valence-corrected chi connectivity index (χ0v) is 12.7. The molecule has 1 N–H and O–H groups in total. The summed E-state index contributed by atoms with van der Waals surface area (Å²) in [7, 11) is 0. The number of fused-ring (bicyclic) bond motifs is 1. The van der Waals surface area contributed by atoms with Gasteiger partial charge in [0, 0.05) is 24.3 Å². The van der Waals surface area contributed by atoms with Crippen molar-refractivity contribution in [2.24, 2.45) is 5.41 Å². The highest BCUT2D eigenvalue weighted by Gasteiger charge is 2.41. The van der Waals surface area contributed by atoms with Crippen LogP contribution >= 0.6 is 15.9 Å². The molecule has 20 heavy (non-hydrogen) atoms. The van der Waals surface area contributed by atoms with Crippen molar-refractivity contribution in [3.8, 4) is 0 Å². The van der Waals surface area contributed by atoms with Crippen LogP contribution in [0.2, 0.25) is 0 Å². The minimum Gasteiger partial charge on any atom is -0.351 e. The van der Waals surface area contributed by atoms with Crippen LogP contribution in [0.3, 0.4) is 0 Å². The zero-order chi connectivity index (χ0) is 14.0. The number of halogens is 1. The third kappa shape index (κ3) is 2.68. The van der Waals surface area contributed by atoms with Crippen LogP contribution in [0.5, 0.6) is 0 Å². The smallest absolute Gasteiger partial charge is 0.253 e. The number of alkyl halides is 1. The van der Waals surface area contributed by atoms with Crippen LogP contribution in [-0.2, 0) is 0 Å². The second-order valence-corrected chi connectivity index (χ2v) is 6.14. The van der Waals surface area contributed by atoms with E-state index in [4.69, 9.17) is 0 Å². The van der Waals surface area contributed by atoms with Gasteiger partial charge in [0.1, 0.15) is 5.52 Å². The van der Waals surface area contributed by atoms with Crippen LogP contribution in [0.4, 0.5) is 0 Å². The predicted octanol–water partition coefficient (Wildman–Crippen LogP) is 2.92. The Labute approximate surface area is 126 Å². The van der Waals surface area contributed by atoms with Gasteiger partial charge in [-0.1, -0.05) is 22.0 Å². The van der Waals surface area contributed by atoms with Crippen molar-refractivity contribution in [3.63, 3.8) is 0 Å². The minimum absolute atomic E-state index is 0.0584. The molecule has 5 heteroatoms. The highest BCUT2D eigenvalue weighted by molar-refractivity contribution is 9.09. The van der Waals surface area contributed by atoms with Crippen molar-refractivity contribution in [1.82, 2.24) is 15.3 Å². The molecular formula is C15H16BrN3O. The highest BCUT2D eigenvalue weighted by Crippen LogP contribution is 2.48. The maximum absolute atomic E-state index is 12.3. The van der Waals surface area contributed by atoms with Crippen LogP contribution in [0.25, 0.3) is 11.0 Å². The number of rotatable bonds is 5. The van der Waals surface area contributed by atoms with Gasteiger partial charge < -0.3 is 5.32 Å². The summed E-state index contributed by atoms with van der Waals surface area (Å²) in [6, 6.07) is 5.51. The lowest BCUT2D eigenvalue weighted by molar-refractivity contribution is 0.0946. The fourth-order valence-corrected chi connectivity index (χ4v) is 3.27. The third-order valence-electron chi connectivity index (χ3n) is 3.95. The summed E-state index contributed by atoms with van der Waals surface area (Å²) in [5.74, 6) is -0.0584. The number of carbonyl (C=O) groups excluding carboxylic acids is 1. The molecule has 0 bridgehead atoms. The van der Waals surface area contributed by atoms with E-state index in [-0.39, 0.29) is 5.91 Å². The molecule has 0 radical (unpaired) electrons. The molecule has 3 rings (SSSR count). The fourth-order valence-electron chi connectivity index (χ4n) is 2.43. The molecule has 0 unspecified atom stereocenters. The van der Waals surface area contributed by atoms with Crippen LogP contribution in [-0.4, -0.2) is 27.7 Å². The quantitative estimate of drug-likeness (QED) is 0.856. The summed E-state index contributed by atoms with van der Waals surface area (Å²) in [6.07, 6.45) is 6.77. The molecular weight excluding hydrogens is 318 g/mol. The lowest BCUT2D eigenvalue weighted by Gasteiger charge is -2.14. The zero-order valence-electron chi connectivity index (χ0n) is 11.1. The Morgan fingerprint density at radius 2 is 2.10 bits per heavy atom. The molecule has 1 amide bonds. The molecule has 1 aromatic heterocycles. The molecule has 4 nitrogen and oxygen atoms in total. The van der Waals surface area contributed by atoms with Crippen molar-refractivity contribution in [2.75, 3.05) is 11.9 Å². The number of para-hydroxylation sites is 1. The van der Waals surface area contributed by atoms with Gasteiger partial charge in [-0.15, -0.1) is 0 Å². The van der Waals surface area contributed by atoms with Crippen molar-refractivity contribution >= 4 is 32.9 Å². The van der Waals surface area contributed by atoms with Crippen LogP contribution < -0.4 is 5.32 Å². The highest BCUT2D eigenvalue weighted by atomic mass is 79.9. The van der Waals surface area contributed by atoms with Crippen molar-refractivity contribution in [3.05, 3.63) is 36.2 Å². The summed E-state index contributed by atoms with van der Waals surface area (Å²) in [5, 5.41) is 4.04. The molecule has 1 fully saturated rings. The van der Waals surface area contributed by atoms with E-state index in [0.717, 1.165) is 23.8 Å². The Morgan fingerprint density at radius 1 is 1.30 bits per heavy atom. The van der Waals surface area contributed by atoms with Gasteiger partial charge in [0.25, 0.3) is 5.91 Å². The van der Waals surface area contributed by atoms with Crippen LogP contribution in [0, 0.1) is 5.41 Å². The molecule has 1 heterocycles. The topological polar surface area (TPSA) is 54.9 Å². The Bertz CT molecular complexity index is 635. The number of hydrogen-bond acceptors (Lipinski definition) is 3. The summed E-state index contributed by atoms with van der Waals surface area (Å²) in [5.41, 5.74) is 2.33. The maximum Gasteiger partial charge on any atom is 0.253 e. The van der Waals surface area contributed by atoms with Crippen LogP contribution in [0.15, 0.2) is 30.6 Å². The molecule has 0 aliphatic heterocycles. The molecule has 0 spiro atoms. The molecule has 1 saturated carbocycles. The second kappa shape index (κ2) is 5.48. The van der Waals surface area contributed by atoms with Crippen molar-refractivity contribution in [2.45, 2.75) is 19.3 Å². The molecule has 104 valence electrons. The standard InChI is InChI=1S/C15H16BrN3O/c16-7-6-15(4-5-15)10-19-14(20)11-2-1-3-12-13(11)18-9-8-17-12/h1-3,8-9H,4-7,10H2,(H,19,20). The summed E-state index contributed by atoms with van der Waals surface area (Å²) >= 11 is 3.48. The average Bonchev–Trinajstić information content (AvgIpc) is 3.25.